The van der Waals surface area contributed by atoms with Crippen molar-refractivity contribution < 1.29 is 0 Å². The van der Waals surface area contributed by atoms with Gasteiger partial charge in [-0.2, -0.15) is 0 Å². The summed E-state index contributed by atoms with van der Waals surface area (Å²) in [5.41, 5.74) is 7.52. The van der Waals surface area contributed by atoms with Crippen LogP contribution < -0.4 is 5.73 Å². The Labute approximate surface area is 126 Å². The molecular weight excluding hydrogens is 264 g/mol. The van der Waals surface area contributed by atoms with Gasteiger partial charge in [-0.15, -0.1) is 11.3 Å². The third-order valence-electron chi connectivity index (χ3n) is 3.62. The first-order valence-corrected chi connectivity index (χ1v) is 8.11. The van der Waals surface area contributed by atoms with E-state index in [-0.39, 0.29) is 6.04 Å². The Kier molecular flexibility index (Phi) is 5.77. The molecule has 1 atom stereocenters. The van der Waals surface area contributed by atoms with Gasteiger partial charge in [-0.05, 0) is 37.3 Å². The molecule has 0 fully saturated rings. The molecule has 1 aromatic carbocycles. The first-order valence-electron chi connectivity index (χ1n) is 7.24. The Bertz CT molecular complexity index is 479. The highest BCUT2D eigenvalue weighted by atomic mass is 32.1. The Morgan fingerprint density at radius 3 is 2.45 bits per heavy atom. The van der Waals surface area contributed by atoms with Gasteiger partial charge in [-0.3, -0.25) is 4.90 Å². The zero-order valence-corrected chi connectivity index (χ0v) is 13.1. The first-order chi connectivity index (χ1) is 9.66. The fourth-order valence-electron chi connectivity index (χ4n) is 2.29. The van der Waals surface area contributed by atoms with Crippen LogP contribution in [0.25, 0.3) is 0 Å². The molecule has 0 spiro atoms. The van der Waals surface area contributed by atoms with Gasteiger partial charge in [0.25, 0.3) is 0 Å². The predicted molar refractivity (Wildman–Crippen MR) is 87.9 cm³/mol. The molecule has 2 N–H and O–H groups in total. The standard InChI is InChI=1S/C17H24N2S/c1-14(2)19(13-16-9-6-12-20-16)11-10-17(18)15-7-4-3-5-8-15/h3-9,12,14,17H,10-11,13,18H2,1-2H3. The summed E-state index contributed by atoms with van der Waals surface area (Å²) in [6, 6.07) is 15.4. The van der Waals surface area contributed by atoms with E-state index >= 15 is 0 Å². The van der Waals surface area contributed by atoms with Gasteiger partial charge >= 0.3 is 0 Å². The highest BCUT2D eigenvalue weighted by Gasteiger charge is 2.13. The van der Waals surface area contributed by atoms with Crippen LogP contribution in [0.1, 0.15) is 36.8 Å². The van der Waals surface area contributed by atoms with E-state index in [1.165, 1.54) is 10.4 Å². The van der Waals surface area contributed by atoms with Crippen molar-refractivity contribution in [3.8, 4) is 0 Å². The second-order valence-electron chi connectivity index (χ2n) is 5.45. The molecule has 2 rings (SSSR count). The lowest BCUT2D eigenvalue weighted by Crippen LogP contribution is -2.32. The van der Waals surface area contributed by atoms with Crippen molar-refractivity contribution in [1.82, 2.24) is 4.90 Å². The summed E-state index contributed by atoms with van der Waals surface area (Å²) in [6.07, 6.45) is 0.994. The van der Waals surface area contributed by atoms with Crippen LogP contribution in [0.4, 0.5) is 0 Å². The van der Waals surface area contributed by atoms with Crippen LogP contribution in [-0.4, -0.2) is 17.5 Å². The summed E-state index contributed by atoms with van der Waals surface area (Å²) >= 11 is 1.83. The molecule has 1 aromatic heterocycles. The Morgan fingerprint density at radius 1 is 1.10 bits per heavy atom. The van der Waals surface area contributed by atoms with Crippen LogP contribution in [0.5, 0.6) is 0 Å². The summed E-state index contributed by atoms with van der Waals surface area (Å²) in [5.74, 6) is 0. The molecule has 0 saturated carbocycles. The van der Waals surface area contributed by atoms with Crippen molar-refractivity contribution in [1.29, 1.82) is 0 Å². The van der Waals surface area contributed by atoms with Crippen molar-refractivity contribution in [2.45, 2.75) is 38.9 Å². The average Bonchev–Trinajstić information content (AvgIpc) is 2.96. The lowest BCUT2D eigenvalue weighted by atomic mass is 10.0. The van der Waals surface area contributed by atoms with Crippen LogP contribution >= 0.6 is 11.3 Å². The number of rotatable bonds is 7. The highest BCUT2D eigenvalue weighted by molar-refractivity contribution is 7.09. The van der Waals surface area contributed by atoms with E-state index in [0.29, 0.717) is 6.04 Å². The minimum Gasteiger partial charge on any atom is -0.324 e. The quantitative estimate of drug-likeness (QED) is 0.833. The largest absolute Gasteiger partial charge is 0.324 e. The van der Waals surface area contributed by atoms with Crippen LogP contribution in [0.3, 0.4) is 0 Å². The van der Waals surface area contributed by atoms with Gasteiger partial charge in [-0.25, -0.2) is 0 Å². The second-order valence-corrected chi connectivity index (χ2v) is 6.48. The van der Waals surface area contributed by atoms with Crippen LogP contribution in [-0.2, 0) is 6.54 Å². The molecule has 0 saturated heterocycles. The smallest absolute Gasteiger partial charge is 0.0330 e. The van der Waals surface area contributed by atoms with Crippen LogP contribution in [0.15, 0.2) is 47.8 Å². The summed E-state index contributed by atoms with van der Waals surface area (Å²) in [6.45, 7) is 6.56. The minimum atomic E-state index is 0.126. The highest BCUT2D eigenvalue weighted by Crippen LogP contribution is 2.18. The van der Waals surface area contributed by atoms with Gasteiger partial charge in [0.2, 0.25) is 0 Å². The molecule has 20 heavy (non-hydrogen) atoms. The topological polar surface area (TPSA) is 29.3 Å². The molecule has 0 aliphatic rings. The number of nitrogens with zero attached hydrogens (tertiary/aromatic N) is 1. The summed E-state index contributed by atoms with van der Waals surface area (Å²) in [4.78, 5) is 3.92. The average molecular weight is 288 g/mol. The van der Waals surface area contributed by atoms with Crippen molar-refractivity contribution in [2.24, 2.45) is 5.73 Å². The number of hydrogen-bond donors (Lipinski definition) is 1. The molecular formula is C17H24N2S. The zero-order chi connectivity index (χ0) is 14.4. The van der Waals surface area contributed by atoms with Crippen molar-refractivity contribution in [3.63, 3.8) is 0 Å². The fraction of sp³-hybridized carbons (Fsp3) is 0.412. The summed E-state index contributed by atoms with van der Waals surface area (Å²) in [5, 5.41) is 2.14. The molecule has 0 aliphatic carbocycles. The normalized spacial score (nSPS) is 13.1. The molecule has 3 heteroatoms. The molecule has 0 aliphatic heterocycles. The predicted octanol–water partition coefficient (Wildman–Crippen LogP) is 4.05. The maximum Gasteiger partial charge on any atom is 0.0330 e. The van der Waals surface area contributed by atoms with E-state index in [2.05, 4.69) is 60.5 Å². The van der Waals surface area contributed by atoms with E-state index in [0.717, 1.165) is 19.5 Å². The molecule has 1 heterocycles. The van der Waals surface area contributed by atoms with Gasteiger partial charge in [0, 0.05) is 30.1 Å². The Morgan fingerprint density at radius 2 is 1.85 bits per heavy atom. The fourth-order valence-corrected chi connectivity index (χ4v) is 3.02. The van der Waals surface area contributed by atoms with E-state index in [9.17, 15) is 0 Å². The number of nitrogens with two attached hydrogens (primary N) is 1. The second kappa shape index (κ2) is 7.58. The molecule has 108 valence electrons. The molecule has 2 nitrogen and oxygen atoms in total. The van der Waals surface area contributed by atoms with E-state index in [1.54, 1.807) is 0 Å². The van der Waals surface area contributed by atoms with Gasteiger partial charge in [0.1, 0.15) is 0 Å². The first kappa shape index (κ1) is 15.2. The molecule has 2 aromatic rings. The van der Waals surface area contributed by atoms with Gasteiger partial charge in [0.05, 0.1) is 0 Å². The third kappa shape index (κ3) is 4.44. The van der Waals surface area contributed by atoms with E-state index in [1.807, 2.05) is 17.4 Å². The van der Waals surface area contributed by atoms with Crippen molar-refractivity contribution in [2.75, 3.05) is 6.54 Å². The zero-order valence-electron chi connectivity index (χ0n) is 12.3. The van der Waals surface area contributed by atoms with Gasteiger partial charge < -0.3 is 5.73 Å². The molecule has 0 bridgehead atoms. The summed E-state index contributed by atoms with van der Waals surface area (Å²) in [7, 11) is 0. The number of thiophene rings is 1. The monoisotopic (exact) mass is 288 g/mol. The number of hydrogen-bond acceptors (Lipinski definition) is 3. The van der Waals surface area contributed by atoms with E-state index in [4.69, 9.17) is 5.73 Å². The molecule has 0 radical (unpaired) electrons. The van der Waals surface area contributed by atoms with Crippen molar-refractivity contribution >= 4 is 11.3 Å². The molecule has 1 unspecified atom stereocenters. The van der Waals surface area contributed by atoms with Crippen LogP contribution in [0.2, 0.25) is 0 Å². The van der Waals surface area contributed by atoms with E-state index < -0.39 is 0 Å². The Balaban J connectivity index is 1.89. The minimum absolute atomic E-state index is 0.126. The maximum absolute atomic E-state index is 6.29. The summed E-state index contributed by atoms with van der Waals surface area (Å²) < 4.78 is 0. The lowest BCUT2D eigenvalue weighted by molar-refractivity contribution is 0.207. The lowest BCUT2D eigenvalue weighted by Gasteiger charge is -2.27. The van der Waals surface area contributed by atoms with Crippen molar-refractivity contribution in [3.05, 3.63) is 58.3 Å². The molecule has 0 amide bonds. The SMILES string of the molecule is CC(C)N(CCC(N)c1ccccc1)Cc1cccs1. The van der Waals surface area contributed by atoms with Crippen LogP contribution in [0, 0.1) is 0 Å². The third-order valence-corrected chi connectivity index (χ3v) is 4.49. The number of benzene rings is 1. The Hall–Kier alpha value is -1.16. The maximum atomic E-state index is 6.29. The van der Waals surface area contributed by atoms with Gasteiger partial charge in [0.15, 0.2) is 0 Å². The van der Waals surface area contributed by atoms with Gasteiger partial charge in [-0.1, -0.05) is 36.4 Å².